The first-order valence-corrected chi connectivity index (χ1v) is 7.57. The van der Waals surface area contributed by atoms with Crippen LogP contribution in [0, 0.1) is 0 Å². The van der Waals surface area contributed by atoms with E-state index in [1.807, 2.05) is 11.4 Å². The molecule has 1 amide bonds. The van der Waals surface area contributed by atoms with Gasteiger partial charge in [0.05, 0.1) is 11.7 Å². The first kappa shape index (κ1) is 14.5. The highest BCUT2D eigenvalue weighted by molar-refractivity contribution is 7.09. The summed E-state index contributed by atoms with van der Waals surface area (Å²) >= 11 is 1.71. The normalized spacial score (nSPS) is 27.5. The third kappa shape index (κ3) is 3.78. The van der Waals surface area contributed by atoms with E-state index in [9.17, 15) is 15.0 Å². The first-order valence-electron chi connectivity index (χ1n) is 6.69. The number of hydrogen-bond acceptors (Lipinski definition) is 4. The number of rotatable bonds is 4. The SMILES string of the molecule is CC1(O)CCN(C(=O)CCCc2cccs2)CC1O. The van der Waals surface area contributed by atoms with Crippen molar-refractivity contribution in [1.29, 1.82) is 0 Å². The van der Waals surface area contributed by atoms with E-state index in [2.05, 4.69) is 6.07 Å². The second-order valence-electron chi connectivity index (χ2n) is 5.40. The third-order valence-electron chi connectivity index (χ3n) is 3.75. The Kier molecular flexibility index (Phi) is 4.60. The van der Waals surface area contributed by atoms with Crippen LogP contribution in [0.4, 0.5) is 0 Å². The third-order valence-corrected chi connectivity index (χ3v) is 4.68. The minimum atomic E-state index is -1.06. The molecule has 0 saturated carbocycles. The molecule has 1 aromatic rings. The maximum absolute atomic E-state index is 12.0. The van der Waals surface area contributed by atoms with Gasteiger partial charge in [0.15, 0.2) is 0 Å². The molecule has 2 N–H and O–H groups in total. The summed E-state index contributed by atoms with van der Waals surface area (Å²) in [6.07, 6.45) is 1.86. The summed E-state index contributed by atoms with van der Waals surface area (Å²) in [5, 5.41) is 21.7. The largest absolute Gasteiger partial charge is 0.388 e. The maximum atomic E-state index is 12.0. The van der Waals surface area contributed by atoms with E-state index in [0.29, 0.717) is 19.4 Å². The first-order chi connectivity index (χ1) is 8.99. The van der Waals surface area contributed by atoms with Crippen LogP contribution >= 0.6 is 11.3 Å². The molecule has 0 radical (unpaired) electrons. The number of aryl methyl sites for hydroxylation is 1. The average molecular weight is 283 g/mol. The highest BCUT2D eigenvalue weighted by Crippen LogP contribution is 2.22. The monoisotopic (exact) mass is 283 g/mol. The molecule has 1 fully saturated rings. The van der Waals surface area contributed by atoms with Crippen molar-refractivity contribution in [2.75, 3.05) is 13.1 Å². The minimum absolute atomic E-state index is 0.0751. The Hall–Kier alpha value is -0.910. The van der Waals surface area contributed by atoms with Gasteiger partial charge in [-0.05, 0) is 37.6 Å². The minimum Gasteiger partial charge on any atom is -0.388 e. The molecule has 0 spiro atoms. The lowest BCUT2D eigenvalue weighted by atomic mass is 9.90. The lowest BCUT2D eigenvalue weighted by Crippen LogP contribution is -2.55. The summed E-state index contributed by atoms with van der Waals surface area (Å²) in [6.45, 7) is 2.39. The fourth-order valence-electron chi connectivity index (χ4n) is 2.28. The van der Waals surface area contributed by atoms with Gasteiger partial charge in [0.2, 0.25) is 5.91 Å². The van der Waals surface area contributed by atoms with Crippen LogP contribution in [-0.4, -0.2) is 45.8 Å². The van der Waals surface area contributed by atoms with Gasteiger partial charge in [-0.15, -0.1) is 11.3 Å². The molecular weight excluding hydrogens is 262 g/mol. The van der Waals surface area contributed by atoms with Gasteiger partial charge in [-0.1, -0.05) is 6.07 Å². The number of carbonyl (C=O) groups is 1. The molecule has 4 nitrogen and oxygen atoms in total. The summed E-state index contributed by atoms with van der Waals surface area (Å²) in [5.74, 6) is 0.0751. The number of amides is 1. The highest BCUT2D eigenvalue weighted by atomic mass is 32.1. The predicted octanol–water partition coefficient (Wildman–Crippen LogP) is 1.42. The maximum Gasteiger partial charge on any atom is 0.222 e. The van der Waals surface area contributed by atoms with Gasteiger partial charge in [-0.25, -0.2) is 0 Å². The summed E-state index contributed by atoms with van der Waals surface area (Å²) in [6, 6.07) is 4.10. The van der Waals surface area contributed by atoms with Crippen molar-refractivity contribution in [3.05, 3.63) is 22.4 Å². The van der Waals surface area contributed by atoms with E-state index in [-0.39, 0.29) is 12.5 Å². The molecule has 1 aromatic heterocycles. The Balaban J connectivity index is 1.75. The molecule has 5 heteroatoms. The number of nitrogens with zero attached hydrogens (tertiary/aromatic N) is 1. The van der Waals surface area contributed by atoms with Crippen molar-refractivity contribution in [1.82, 2.24) is 4.90 Å². The second-order valence-corrected chi connectivity index (χ2v) is 6.43. The molecule has 1 aliphatic rings. The van der Waals surface area contributed by atoms with Crippen LogP contribution < -0.4 is 0 Å². The Bertz CT molecular complexity index is 416. The van der Waals surface area contributed by atoms with Crippen molar-refractivity contribution in [2.24, 2.45) is 0 Å². The van der Waals surface area contributed by atoms with Crippen LogP contribution in [0.15, 0.2) is 17.5 Å². The fourth-order valence-corrected chi connectivity index (χ4v) is 3.03. The average Bonchev–Trinajstić information content (AvgIpc) is 2.85. The quantitative estimate of drug-likeness (QED) is 0.878. The van der Waals surface area contributed by atoms with E-state index in [1.54, 1.807) is 23.2 Å². The molecule has 2 rings (SSSR count). The van der Waals surface area contributed by atoms with E-state index < -0.39 is 11.7 Å². The van der Waals surface area contributed by atoms with Gasteiger partial charge < -0.3 is 15.1 Å². The van der Waals surface area contributed by atoms with Crippen LogP contribution in [0.1, 0.15) is 31.1 Å². The number of hydrogen-bond donors (Lipinski definition) is 2. The Morgan fingerprint density at radius 1 is 1.63 bits per heavy atom. The van der Waals surface area contributed by atoms with Crippen molar-refractivity contribution in [3.8, 4) is 0 Å². The fraction of sp³-hybridized carbons (Fsp3) is 0.643. The molecule has 2 atom stereocenters. The van der Waals surface area contributed by atoms with Crippen LogP contribution in [0.3, 0.4) is 0 Å². The molecular formula is C14H21NO3S. The number of β-amino-alcohol motifs (C(OH)–C–C–N with tert-alkyl or cyclic N) is 1. The smallest absolute Gasteiger partial charge is 0.222 e. The van der Waals surface area contributed by atoms with Crippen molar-refractivity contribution >= 4 is 17.2 Å². The molecule has 1 aliphatic heterocycles. The van der Waals surface area contributed by atoms with Gasteiger partial charge in [0.1, 0.15) is 0 Å². The molecule has 0 aromatic carbocycles. The Morgan fingerprint density at radius 3 is 3.05 bits per heavy atom. The van der Waals surface area contributed by atoms with Crippen molar-refractivity contribution in [3.63, 3.8) is 0 Å². The number of carbonyl (C=O) groups excluding carboxylic acids is 1. The molecule has 19 heavy (non-hydrogen) atoms. The van der Waals surface area contributed by atoms with Gasteiger partial charge in [-0.3, -0.25) is 4.79 Å². The molecule has 2 unspecified atom stereocenters. The zero-order valence-electron chi connectivity index (χ0n) is 11.2. The van der Waals surface area contributed by atoms with Crippen LogP contribution in [-0.2, 0) is 11.2 Å². The Morgan fingerprint density at radius 2 is 2.42 bits per heavy atom. The standard InChI is InChI=1S/C14H21NO3S/c1-14(18)7-8-15(10-12(14)16)13(17)6-2-4-11-5-3-9-19-11/h3,5,9,12,16,18H,2,4,6-8,10H2,1H3. The van der Waals surface area contributed by atoms with Crippen LogP contribution in [0.5, 0.6) is 0 Å². The number of piperidine rings is 1. The van der Waals surface area contributed by atoms with E-state index in [0.717, 1.165) is 12.8 Å². The van der Waals surface area contributed by atoms with E-state index >= 15 is 0 Å². The molecule has 0 aliphatic carbocycles. The number of aliphatic hydroxyl groups excluding tert-OH is 1. The molecule has 0 bridgehead atoms. The van der Waals surface area contributed by atoms with Gasteiger partial charge in [0, 0.05) is 24.4 Å². The van der Waals surface area contributed by atoms with Crippen molar-refractivity contribution in [2.45, 2.75) is 44.3 Å². The predicted molar refractivity (Wildman–Crippen MR) is 75.1 cm³/mol. The summed E-state index contributed by atoms with van der Waals surface area (Å²) < 4.78 is 0. The molecule has 106 valence electrons. The van der Waals surface area contributed by atoms with Gasteiger partial charge in [0.25, 0.3) is 0 Å². The second kappa shape index (κ2) is 6.03. The Labute approximate surface area is 117 Å². The van der Waals surface area contributed by atoms with Gasteiger partial charge in [-0.2, -0.15) is 0 Å². The number of thiophene rings is 1. The lowest BCUT2D eigenvalue weighted by Gasteiger charge is -2.40. The molecule has 1 saturated heterocycles. The zero-order valence-corrected chi connectivity index (χ0v) is 12.0. The molecule has 2 heterocycles. The number of likely N-dealkylation sites (tertiary alicyclic amines) is 1. The van der Waals surface area contributed by atoms with Crippen LogP contribution in [0.2, 0.25) is 0 Å². The van der Waals surface area contributed by atoms with Crippen LogP contribution in [0.25, 0.3) is 0 Å². The topological polar surface area (TPSA) is 60.8 Å². The number of aliphatic hydroxyl groups is 2. The lowest BCUT2D eigenvalue weighted by molar-refractivity contribution is -0.146. The summed E-state index contributed by atoms with van der Waals surface area (Å²) in [7, 11) is 0. The van der Waals surface area contributed by atoms with E-state index in [1.165, 1.54) is 4.88 Å². The highest BCUT2D eigenvalue weighted by Gasteiger charge is 2.37. The zero-order chi connectivity index (χ0) is 13.9. The van der Waals surface area contributed by atoms with Crippen molar-refractivity contribution < 1.29 is 15.0 Å². The van der Waals surface area contributed by atoms with Gasteiger partial charge >= 0.3 is 0 Å². The summed E-state index contributed by atoms with van der Waals surface area (Å²) in [4.78, 5) is 15.0. The van der Waals surface area contributed by atoms with E-state index in [4.69, 9.17) is 0 Å². The summed E-state index contributed by atoms with van der Waals surface area (Å²) in [5.41, 5.74) is -1.06.